The maximum absolute atomic E-state index is 12.6. The zero-order valence-corrected chi connectivity index (χ0v) is 10.3. The molecule has 1 aromatic rings. The second-order valence-corrected chi connectivity index (χ2v) is 4.19. The van der Waals surface area contributed by atoms with Crippen LogP contribution in [0.1, 0.15) is 49.2 Å². The molecule has 0 spiro atoms. The third kappa shape index (κ3) is 3.68. The minimum atomic E-state index is -4.45. The Kier molecular flexibility index (Phi) is 5.10. The van der Waals surface area contributed by atoms with E-state index < -0.39 is 17.9 Å². The third-order valence-corrected chi connectivity index (χ3v) is 2.74. The normalized spacial score (nSPS) is 13.7. The number of aromatic nitrogens is 1. The number of rotatable bonds is 5. The molecule has 1 rings (SSSR count). The molecular formula is C12H18F3N3. The van der Waals surface area contributed by atoms with Crippen molar-refractivity contribution < 1.29 is 13.2 Å². The number of nitrogens with two attached hydrogens (primary N) is 2. The fraction of sp³-hybridized carbons (Fsp3) is 0.583. The highest BCUT2D eigenvalue weighted by Crippen LogP contribution is 2.30. The Bertz CT molecular complexity index is 391. The van der Waals surface area contributed by atoms with Crippen LogP contribution in [0.15, 0.2) is 12.1 Å². The first-order chi connectivity index (χ1) is 8.40. The topological polar surface area (TPSA) is 64.9 Å². The van der Waals surface area contributed by atoms with E-state index in [0.717, 1.165) is 18.9 Å². The molecule has 1 unspecified atom stereocenters. The first-order valence-electron chi connectivity index (χ1n) is 5.92. The monoisotopic (exact) mass is 261 g/mol. The zero-order chi connectivity index (χ0) is 13.8. The van der Waals surface area contributed by atoms with Crippen molar-refractivity contribution in [1.82, 2.24) is 4.98 Å². The summed E-state index contributed by atoms with van der Waals surface area (Å²) in [7, 11) is 0. The summed E-state index contributed by atoms with van der Waals surface area (Å²) in [6.07, 6.45) is -2.06. The summed E-state index contributed by atoms with van der Waals surface area (Å²) in [5, 5.41) is 0. The van der Waals surface area contributed by atoms with Crippen molar-refractivity contribution in [2.45, 2.75) is 44.9 Å². The summed E-state index contributed by atoms with van der Waals surface area (Å²) >= 11 is 0. The number of unbranched alkanes of at least 4 members (excludes halogenated alkanes) is 1. The predicted octanol–water partition coefficient (Wildman–Crippen LogP) is 2.75. The van der Waals surface area contributed by atoms with Gasteiger partial charge in [0.05, 0.1) is 5.69 Å². The minimum Gasteiger partial charge on any atom is -0.326 e. The van der Waals surface area contributed by atoms with Crippen LogP contribution in [-0.2, 0) is 12.7 Å². The first kappa shape index (κ1) is 14.9. The zero-order valence-electron chi connectivity index (χ0n) is 10.3. The van der Waals surface area contributed by atoms with E-state index in [4.69, 9.17) is 11.5 Å². The summed E-state index contributed by atoms with van der Waals surface area (Å²) < 4.78 is 37.8. The maximum Gasteiger partial charge on any atom is 0.433 e. The number of hydrogen-bond donors (Lipinski definition) is 2. The van der Waals surface area contributed by atoms with E-state index in [2.05, 4.69) is 4.98 Å². The molecule has 0 amide bonds. The Morgan fingerprint density at radius 3 is 2.50 bits per heavy atom. The van der Waals surface area contributed by atoms with Crippen LogP contribution in [-0.4, -0.2) is 4.98 Å². The van der Waals surface area contributed by atoms with Gasteiger partial charge in [0.1, 0.15) is 5.69 Å². The number of hydrogen-bond acceptors (Lipinski definition) is 3. The highest BCUT2D eigenvalue weighted by Gasteiger charge is 2.33. The molecule has 0 fully saturated rings. The van der Waals surface area contributed by atoms with Gasteiger partial charge >= 0.3 is 6.18 Å². The molecule has 0 aliphatic heterocycles. The first-order valence-corrected chi connectivity index (χ1v) is 5.92. The van der Waals surface area contributed by atoms with Gasteiger partial charge in [0, 0.05) is 12.6 Å². The van der Waals surface area contributed by atoms with E-state index >= 15 is 0 Å². The fourth-order valence-corrected chi connectivity index (χ4v) is 1.72. The molecule has 0 aliphatic carbocycles. The molecule has 1 atom stereocenters. The number of alkyl halides is 3. The Hall–Kier alpha value is -1.14. The molecule has 0 saturated carbocycles. The summed E-state index contributed by atoms with van der Waals surface area (Å²) in [4.78, 5) is 3.64. The fourth-order valence-electron chi connectivity index (χ4n) is 1.72. The molecule has 0 aromatic carbocycles. The number of pyridine rings is 1. The second kappa shape index (κ2) is 6.15. The molecule has 0 aliphatic rings. The van der Waals surface area contributed by atoms with Gasteiger partial charge in [0.2, 0.25) is 0 Å². The predicted molar refractivity (Wildman–Crippen MR) is 63.6 cm³/mol. The van der Waals surface area contributed by atoms with E-state index in [1.807, 2.05) is 6.92 Å². The Labute approximate surface area is 104 Å². The van der Waals surface area contributed by atoms with Crippen molar-refractivity contribution in [1.29, 1.82) is 0 Å². The van der Waals surface area contributed by atoms with Crippen molar-refractivity contribution in [3.63, 3.8) is 0 Å². The number of halogens is 3. The summed E-state index contributed by atoms with van der Waals surface area (Å²) in [6, 6.07) is 1.81. The molecule has 0 saturated heterocycles. The standard InChI is InChI=1S/C12H18F3N3/c1-2-3-4-9(17)11-8(7-16)5-6-10(18-11)12(13,14)15/h5-6,9H,2-4,7,16-17H2,1H3. The van der Waals surface area contributed by atoms with Crippen LogP contribution in [0.2, 0.25) is 0 Å². The quantitative estimate of drug-likeness (QED) is 0.856. The van der Waals surface area contributed by atoms with Gasteiger partial charge in [-0.3, -0.25) is 0 Å². The molecule has 6 heteroatoms. The van der Waals surface area contributed by atoms with Crippen molar-refractivity contribution in [3.8, 4) is 0 Å². The summed E-state index contributed by atoms with van der Waals surface area (Å²) in [6.45, 7) is 2.14. The van der Waals surface area contributed by atoms with Gasteiger partial charge in [0.25, 0.3) is 0 Å². The lowest BCUT2D eigenvalue weighted by molar-refractivity contribution is -0.141. The SMILES string of the molecule is CCCCC(N)c1nc(C(F)(F)F)ccc1CN. The lowest BCUT2D eigenvalue weighted by Gasteiger charge is -2.16. The van der Waals surface area contributed by atoms with E-state index in [1.165, 1.54) is 6.07 Å². The lowest BCUT2D eigenvalue weighted by Crippen LogP contribution is -2.19. The molecule has 1 aromatic heterocycles. The summed E-state index contributed by atoms with van der Waals surface area (Å²) in [5.74, 6) is 0. The van der Waals surface area contributed by atoms with Crippen molar-refractivity contribution >= 4 is 0 Å². The molecule has 0 bridgehead atoms. The molecule has 0 radical (unpaired) electrons. The van der Waals surface area contributed by atoms with Crippen molar-refractivity contribution in [3.05, 3.63) is 29.1 Å². The minimum absolute atomic E-state index is 0.139. The molecule has 3 nitrogen and oxygen atoms in total. The second-order valence-electron chi connectivity index (χ2n) is 4.19. The maximum atomic E-state index is 12.6. The van der Waals surface area contributed by atoms with E-state index in [1.54, 1.807) is 0 Å². The molecule has 102 valence electrons. The average molecular weight is 261 g/mol. The molecule has 4 N–H and O–H groups in total. The highest BCUT2D eigenvalue weighted by atomic mass is 19.4. The highest BCUT2D eigenvalue weighted by molar-refractivity contribution is 5.26. The summed E-state index contributed by atoms with van der Waals surface area (Å²) in [5.41, 5.74) is 11.3. The smallest absolute Gasteiger partial charge is 0.326 e. The van der Waals surface area contributed by atoms with Crippen LogP contribution in [0.4, 0.5) is 13.2 Å². The average Bonchev–Trinajstić information content (AvgIpc) is 2.34. The van der Waals surface area contributed by atoms with Gasteiger partial charge in [-0.25, -0.2) is 4.98 Å². The van der Waals surface area contributed by atoms with Crippen LogP contribution in [0.3, 0.4) is 0 Å². The Morgan fingerprint density at radius 1 is 1.33 bits per heavy atom. The lowest BCUT2D eigenvalue weighted by atomic mass is 10.0. The van der Waals surface area contributed by atoms with E-state index in [0.29, 0.717) is 12.0 Å². The van der Waals surface area contributed by atoms with Gasteiger partial charge < -0.3 is 11.5 Å². The molecule has 18 heavy (non-hydrogen) atoms. The molecular weight excluding hydrogens is 243 g/mol. The Balaban J connectivity index is 3.06. The van der Waals surface area contributed by atoms with Crippen LogP contribution in [0, 0.1) is 0 Å². The van der Waals surface area contributed by atoms with Gasteiger partial charge in [-0.1, -0.05) is 25.8 Å². The van der Waals surface area contributed by atoms with E-state index in [-0.39, 0.29) is 12.2 Å². The van der Waals surface area contributed by atoms with Gasteiger partial charge in [-0.2, -0.15) is 13.2 Å². The van der Waals surface area contributed by atoms with Gasteiger partial charge in [-0.15, -0.1) is 0 Å². The third-order valence-electron chi connectivity index (χ3n) is 2.74. The van der Waals surface area contributed by atoms with Crippen LogP contribution in [0.25, 0.3) is 0 Å². The van der Waals surface area contributed by atoms with Crippen LogP contribution < -0.4 is 11.5 Å². The van der Waals surface area contributed by atoms with E-state index in [9.17, 15) is 13.2 Å². The largest absolute Gasteiger partial charge is 0.433 e. The van der Waals surface area contributed by atoms with Crippen LogP contribution in [0.5, 0.6) is 0 Å². The van der Waals surface area contributed by atoms with Crippen molar-refractivity contribution in [2.75, 3.05) is 0 Å². The Morgan fingerprint density at radius 2 is 2.00 bits per heavy atom. The number of nitrogens with zero attached hydrogens (tertiary/aromatic N) is 1. The van der Waals surface area contributed by atoms with Gasteiger partial charge in [-0.05, 0) is 18.1 Å². The molecule has 1 heterocycles. The van der Waals surface area contributed by atoms with Gasteiger partial charge in [0.15, 0.2) is 0 Å². The van der Waals surface area contributed by atoms with Crippen LogP contribution >= 0.6 is 0 Å². The van der Waals surface area contributed by atoms with Crippen molar-refractivity contribution in [2.24, 2.45) is 11.5 Å².